The molecule has 0 saturated carbocycles. The molecule has 2 N–H and O–H groups in total. The lowest BCUT2D eigenvalue weighted by Gasteiger charge is -2.16. The zero-order chi connectivity index (χ0) is 10.8. The molecule has 1 fully saturated rings. The van der Waals surface area contributed by atoms with Crippen LogP contribution in [-0.2, 0) is 4.79 Å². The summed E-state index contributed by atoms with van der Waals surface area (Å²) in [7, 11) is 0. The minimum Gasteiger partial charge on any atom is -0.382 e. The zero-order valence-corrected chi connectivity index (χ0v) is 8.18. The Morgan fingerprint density at radius 1 is 1.67 bits per heavy atom. The molecule has 0 aliphatic carbocycles. The van der Waals surface area contributed by atoms with E-state index < -0.39 is 0 Å². The van der Waals surface area contributed by atoms with E-state index in [1.165, 1.54) is 0 Å². The van der Waals surface area contributed by atoms with Crippen LogP contribution in [0, 0.1) is 18.3 Å². The highest BCUT2D eigenvalue weighted by Crippen LogP contribution is 2.27. The van der Waals surface area contributed by atoms with Gasteiger partial charge in [0.2, 0.25) is 5.91 Å². The van der Waals surface area contributed by atoms with Gasteiger partial charge in [-0.05, 0) is 12.1 Å². The number of carbonyl (C=O) groups is 1. The maximum Gasteiger partial charge on any atom is 0.228 e. The van der Waals surface area contributed by atoms with Crippen molar-refractivity contribution in [2.75, 3.05) is 17.2 Å². The molecule has 15 heavy (non-hydrogen) atoms. The van der Waals surface area contributed by atoms with Crippen molar-refractivity contribution >= 4 is 17.4 Å². The molecule has 1 unspecified atom stereocenters. The summed E-state index contributed by atoms with van der Waals surface area (Å²) in [6, 6.07) is 3.53. The number of carbonyl (C=O) groups excluding carboxylic acids is 1. The molecule has 1 atom stereocenters. The second-order valence-corrected chi connectivity index (χ2v) is 3.48. The predicted octanol–water partition coefficient (Wildman–Crippen LogP) is 0.650. The first kappa shape index (κ1) is 9.53. The second kappa shape index (κ2) is 3.62. The Kier molecular flexibility index (Phi) is 2.30. The van der Waals surface area contributed by atoms with Gasteiger partial charge in [0.15, 0.2) is 0 Å². The van der Waals surface area contributed by atoms with Gasteiger partial charge in [-0.1, -0.05) is 0 Å². The molecular formula is C11H11N3O. The Morgan fingerprint density at radius 2 is 2.47 bits per heavy atom. The van der Waals surface area contributed by atoms with Gasteiger partial charge in [-0.2, -0.15) is 0 Å². The number of terminal acetylenes is 1. The van der Waals surface area contributed by atoms with Crippen LogP contribution in [0.2, 0.25) is 0 Å². The van der Waals surface area contributed by atoms with Crippen LogP contribution in [0.1, 0.15) is 6.42 Å². The Hall–Kier alpha value is -2.02. The molecule has 1 aromatic rings. The van der Waals surface area contributed by atoms with Crippen molar-refractivity contribution in [2.45, 2.75) is 6.42 Å². The van der Waals surface area contributed by atoms with E-state index in [2.05, 4.69) is 10.9 Å². The average Bonchev–Trinajstić information content (AvgIpc) is 2.60. The number of hydrogen-bond acceptors (Lipinski definition) is 3. The standard InChI is InChI=1S/C11H11N3O/c1-2-8-6-10(15)14(7-8)9-4-3-5-13-11(9)12/h1,3-5,8H,6-7H2,(H2,12,13). The monoisotopic (exact) mass is 201 g/mol. The van der Waals surface area contributed by atoms with Crippen LogP contribution in [0.5, 0.6) is 0 Å². The molecule has 0 bridgehead atoms. The molecule has 76 valence electrons. The number of rotatable bonds is 1. The Balaban J connectivity index is 2.30. The van der Waals surface area contributed by atoms with Crippen LogP contribution >= 0.6 is 0 Å². The smallest absolute Gasteiger partial charge is 0.228 e. The van der Waals surface area contributed by atoms with E-state index in [0.29, 0.717) is 24.5 Å². The van der Waals surface area contributed by atoms with E-state index in [-0.39, 0.29) is 11.8 Å². The molecule has 1 aliphatic heterocycles. The van der Waals surface area contributed by atoms with Crippen molar-refractivity contribution < 1.29 is 4.79 Å². The van der Waals surface area contributed by atoms with Crippen LogP contribution < -0.4 is 10.6 Å². The van der Waals surface area contributed by atoms with Crippen molar-refractivity contribution in [1.82, 2.24) is 4.98 Å². The Labute approximate surface area is 88.1 Å². The quantitative estimate of drug-likeness (QED) is 0.679. The molecule has 1 aromatic heterocycles. The molecule has 0 spiro atoms. The molecule has 4 heteroatoms. The lowest BCUT2D eigenvalue weighted by molar-refractivity contribution is -0.117. The fourth-order valence-electron chi connectivity index (χ4n) is 1.69. The van der Waals surface area contributed by atoms with Gasteiger partial charge in [0.05, 0.1) is 5.69 Å². The van der Waals surface area contributed by atoms with E-state index in [1.807, 2.05) is 0 Å². The number of amides is 1. The molecule has 1 aliphatic rings. The predicted molar refractivity (Wildman–Crippen MR) is 57.9 cm³/mol. The van der Waals surface area contributed by atoms with Gasteiger partial charge in [-0.25, -0.2) is 4.98 Å². The number of pyridine rings is 1. The molecule has 2 heterocycles. The van der Waals surface area contributed by atoms with Crippen LogP contribution in [-0.4, -0.2) is 17.4 Å². The summed E-state index contributed by atoms with van der Waals surface area (Å²) < 4.78 is 0. The van der Waals surface area contributed by atoms with Crippen LogP contribution in [0.25, 0.3) is 0 Å². The summed E-state index contributed by atoms with van der Waals surface area (Å²) >= 11 is 0. The number of nitrogens with two attached hydrogens (primary N) is 1. The SMILES string of the molecule is C#CC1CC(=O)N(c2cccnc2N)C1. The summed E-state index contributed by atoms with van der Waals surface area (Å²) in [6.07, 6.45) is 7.29. The van der Waals surface area contributed by atoms with Gasteiger partial charge in [-0.3, -0.25) is 4.79 Å². The minimum atomic E-state index is -0.0166. The van der Waals surface area contributed by atoms with Crippen molar-refractivity contribution in [2.24, 2.45) is 5.92 Å². The molecule has 1 saturated heterocycles. The fourth-order valence-corrected chi connectivity index (χ4v) is 1.69. The van der Waals surface area contributed by atoms with Crippen molar-refractivity contribution in [3.05, 3.63) is 18.3 Å². The third-order valence-corrected chi connectivity index (χ3v) is 2.47. The van der Waals surface area contributed by atoms with Gasteiger partial charge >= 0.3 is 0 Å². The second-order valence-electron chi connectivity index (χ2n) is 3.48. The topological polar surface area (TPSA) is 59.2 Å². The van der Waals surface area contributed by atoms with Crippen LogP contribution in [0.15, 0.2) is 18.3 Å². The summed E-state index contributed by atoms with van der Waals surface area (Å²) in [5.74, 6) is 2.95. The average molecular weight is 201 g/mol. The normalized spacial score (nSPS) is 20.3. The number of nitrogen functional groups attached to an aromatic ring is 1. The largest absolute Gasteiger partial charge is 0.382 e. The highest BCUT2D eigenvalue weighted by atomic mass is 16.2. The van der Waals surface area contributed by atoms with Gasteiger partial charge < -0.3 is 10.6 Å². The maximum atomic E-state index is 11.6. The van der Waals surface area contributed by atoms with E-state index in [4.69, 9.17) is 12.2 Å². The van der Waals surface area contributed by atoms with Gasteiger partial charge in [0, 0.05) is 25.1 Å². The Bertz CT molecular complexity index is 436. The number of hydrogen-bond donors (Lipinski definition) is 1. The number of anilines is 2. The summed E-state index contributed by atoms with van der Waals surface area (Å²) in [5, 5.41) is 0. The summed E-state index contributed by atoms with van der Waals surface area (Å²) in [5.41, 5.74) is 6.35. The lowest BCUT2D eigenvalue weighted by atomic mass is 10.1. The van der Waals surface area contributed by atoms with Crippen molar-refractivity contribution in [3.63, 3.8) is 0 Å². The van der Waals surface area contributed by atoms with Gasteiger partial charge in [0.25, 0.3) is 0 Å². The van der Waals surface area contributed by atoms with Gasteiger partial charge in [-0.15, -0.1) is 12.3 Å². The first-order valence-corrected chi connectivity index (χ1v) is 4.69. The highest BCUT2D eigenvalue weighted by Gasteiger charge is 2.30. The zero-order valence-electron chi connectivity index (χ0n) is 8.18. The van der Waals surface area contributed by atoms with Gasteiger partial charge in [0.1, 0.15) is 5.82 Å². The summed E-state index contributed by atoms with van der Waals surface area (Å²) in [4.78, 5) is 17.2. The maximum absolute atomic E-state index is 11.6. The Morgan fingerprint density at radius 3 is 3.07 bits per heavy atom. The van der Waals surface area contributed by atoms with Crippen molar-refractivity contribution in [3.8, 4) is 12.3 Å². The third kappa shape index (κ3) is 1.64. The number of aromatic nitrogens is 1. The highest BCUT2D eigenvalue weighted by molar-refractivity contribution is 5.98. The molecule has 0 aromatic carbocycles. The first-order chi connectivity index (χ1) is 7.22. The summed E-state index contributed by atoms with van der Waals surface area (Å²) in [6.45, 7) is 0.533. The fraction of sp³-hybridized carbons (Fsp3) is 0.273. The first-order valence-electron chi connectivity index (χ1n) is 4.69. The van der Waals surface area contributed by atoms with E-state index in [9.17, 15) is 4.79 Å². The van der Waals surface area contributed by atoms with Crippen LogP contribution in [0.4, 0.5) is 11.5 Å². The minimum absolute atomic E-state index is 0.0117. The molecule has 0 radical (unpaired) electrons. The van der Waals surface area contributed by atoms with E-state index in [1.54, 1.807) is 23.2 Å². The van der Waals surface area contributed by atoms with E-state index in [0.717, 1.165) is 0 Å². The van der Waals surface area contributed by atoms with Crippen molar-refractivity contribution in [1.29, 1.82) is 0 Å². The molecule has 2 rings (SSSR count). The lowest BCUT2D eigenvalue weighted by Crippen LogP contribution is -2.25. The molecule has 4 nitrogen and oxygen atoms in total. The molecular weight excluding hydrogens is 190 g/mol. The van der Waals surface area contributed by atoms with Crippen LogP contribution in [0.3, 0.4) is 0 Å². The molecule has 1 amide bonds. The third-order valence-electron chi connectivity index (χ3n) is 2.47. The van der Waals surface area contributed by atoms with E-state index >= 15 is 0 Å². The number of nitrogens with zero attached hydrogens (tertiary/aromatic N) is 2.